The first-order valence-electron chi connectivity index (χ1n) is 7.69. The summed E-state index contributed by atoms with van der Waals surface area (Å²) in [7, 11) is 1.69. The van der Waals surface area contributed by atoms with Crippen molar-refractivity contribution < 1.29 is 28.5 Å². The third kappa shape index (κ3) is 4.10. The van der Waals surface area contributed by atoms with E-state index in [1.165, 1.54) is 4.90 Å². The standard InChI is InChI=1S/C15H27NO6/c1-7-16(6)13(17)18-8-10-12(22-15(4,5)21-10)11-9-19-14(2,3)20-11/h10-12H,7-9H2,1-6H3/t10-,11+,12+/m0/s1. The number of carbonyl (C=O) groups is 1. The maximum Gasteiger partial charge on any atom is 0.409 e. The molecule has 0 unspecified atom stereocenters. The van der Waals surface area contributed by atoms with Gasteiger partial charge in [-0.2, -0.15) is 0 Å². The average molecular weight is 317 g/mol. The second-order valence-corrected chi connectivity index (χ2v) is 6.60. The molecule has 0 saturated carbocycles. The molecule has 3 atom stereocenters. The third-order valence-electron chi connectivity index (χ3n) is 3.78. The first-order chi connectivity index (χ1) is 10.1. The van der Waals surface area contributed by atoms with Crippen LogP contribution in [0.3, 0.4) is 0 Å². The number of rotatable bonds is 4. The van der Waals surface area contributed by atoms with E-state index in [0.29, 0.717) is 13.2 Å². The Kier molecular flexibility index (Phi) is 5.01. The van der Waals surface area contributed by atoms with Crippen LogP contribution in [0.25, 0.3) is 0 Å². The summed E-state index contributed by atoms with van der Waals surface area (Å²) in [4.78, 5) is 13.3. The molecule has 7 nitrogen and oxygen atoms in total. The van der Waals surface area contributed by atoms with Gasteiger partial charge in [-0.1, -0.05) is 0 Å². The highest BCUT2D eigenvalue weighted by atomic mass is 16.8. The molecular formula is C15H27NO6. The summed E-state index contributed by atoms with van der Waals surface area (Å²) < 4.78 is 28.5. The van der Waals surface area contributed by atoms with Gasteiger partial charge in [0.15, 0.2) is 11.6 Å². The van der Waals surface area contributed by atoms with Gasteiger partial charge in [0.25, 0.3) is 0 Å². The fraction of sp³-hybridized carbons (Fsp3) is 0.933. The normalized spacial score (nSPS) is 32.9. The first-order valence-corrected chi connectivity index (χ1v) is 7.69. The lowest BCUT2D eigenvalue weighted by Crippen LogP contribution is -2.41. The second kappa shape index (κ2) is 6.31. The molecule has 7 heteroatoms. The molecule has 22 heavy (non-hydrogen) atoms. The third-order valence-corrected chi connectivity index (χ3v) is 3.78. The smallest absolute Gasteiger partial charge is 0.409 e. The van der Waals surface area contributed by atoms with Crippen molar-refractivity contribution in [3.05, 3.63) is 0 Å². The Morgan fingerprint density at radius 1 is 1.18 bits per heavy atom. The fourth-order valence-electron chi connectivity index (χ4n) is 2.58. The van der Waals surface area contributed by atoms with Crippen molar-refractivity contribution >= 4 is 6.09 Å². The van der Waals surface area contributed by atoms with E-state index in [1.54, 1.807) is 7.05 Å². The van der Waals surface area contributed by atoms with Crippen molar-refractivity contribution in [1.82, 2.24) is 4.90 Å². The van der Waals surface area contributed by atoms with Gasteiger partial charge in [-0.15, -0.1) is 0 Å². The number of amides is 1. The van der Waals surface area contributed by atoms with E-state index in [-0.39, 0.29) is 31.0 Å². The van der Waals surface area contributed by atoms with Gasteiger partial charge in [-0.05, 0) is 34.6 Å². The van der Waals surface area contributed by atoms with E-state index in [2.05, 4.69) is 0 Å². The van der Waals surface area contributed by atoms with E-state index in [0.717, 1.165) is 0 Å². The molecule has 0 bridgehead atoms. The quantitative estimate of drug-likeness (QED) is 0.787. The Morgan fingerprint density at radius 3 is 2.41 bits per heavy atom. The molecule has 0 radical (unpaired) electrons. The Hall–Kier alpha value is -0.890. The Labute approximate surface area is 131 Å². The highest BCUT2D eigenvalue weighted by molar-refractivity contribution is 5.67. The lowest BCUT2D eigenvalue weighted by atomic mass is 10.1. The molecule has 1 amide bonds. The van der Waals surface area contributed by atoms with Crippen molar-refractivity contribution in [2.75, 3.05) is 26.8 Å². The molecule has 2 fully saturated rings. The fourth-order valence-corrected chi connectivity index (χ4v) is 2.58. The van der Waals surface area contributed by atoms with Crippen LogP contribution in [0.5, 0.6) is 0 Å². The molecule has 2 aliphatic rings. The van der Waals surface area contributed by atoms with Gasteiger partial charge in [0.2, 0.25) is 0 Å². The van der Waals surface area contributed by atoms with Crippen LogP contribution in [0, 0.1) is 0 Å². The van der Waals surface area contributed by atoms with Crippen LogP contribution in [0.1, 0.15) is 34.6 Å². The average Bonchev–Trinajstić information content (AvgIpc) is 2.94. The molecule has 0 N–H and O–H groups in total. The zero-order valence-corrected chi connectivity index (χ0v) is 14.3. The molecule has 2 rings (SSSR count). The number of hydrogen-bond donors (Lipinski definition) is 0. The van der Waals surface area contributed by atoms with Crippen molar-refractivity contribution in [2.24, 2.45) is 0 Å². The van der Waals surface area contributed by atoms with Gasteiger partial charge >= 0.3 is 6.09 Å². The van der Waals surface area contributed by atoms with Crippen molar-refractivity contribution in [3.63, 3.8) is 0 Å². The van der Waals surface area contributed by atoms with Gasteiger partial charge in [-0.25, -0.2) is 4.79 Å². The van der Waals surface area contributed by atoms with E-state index in [4.69, 9.17) is 23.7 Å². The molecule has 0 aromatic heterocycles. The highest BCUT2D eigenvalue weighted by Crippen LogP contribution is 2.35. The van der Waals surface area contributed by atoms with Crippen LogP contribution >= 0.6 is 0 Å². The maximum atomic E-state index is 11.8. The molecule has 2 saturated heterocycles. The summed E-state index contributed by atoms with van der Waals surface area (Å²) in [6.45, 7) is 10.4. The van der Waals surface area contributed by atoms with Crippen LogP contribution in [0.2, 0.25) is 0 Å². The predicted octanol–water partition coefficient (Wildman–Crippen LogP) is 1.75. The first kappa shape index (κ1) is 17.5. The number of hydrogen-bond acceptors (Lipinski definition) is 6. The van der Waals surface area contributed by atoms with E-state index >= 15 is 0 Å². The van der Waals surface area contributed by atoms with Gasteiger partial charge in [-0.3, -0.25) is 0 Å². The molecule has 0 aromatic rings. The van der Waals surface area contributed by atoms with E-state index in [9.17, 15) is 4.79 Å². The summed E-state index contributed by atoms with van der Waals surface area (Å²) in [5, 5.41) is 0. The molecule has 0 spiro atoms. The molecule has 0 aliphatic carbocycles. The largest absolute Gasteiger partial charge is 0.447 e. The Bertz CT molecular complexity index is 411. The highest BCUT2D eigenvalue weighted by Gasteiger charge is 2.50. The second-order valence-electron chi connectivity index (χ2n) is 6.60. The number of carbonyl (C=O) groups excluding carboxylic acids is 1. The molecular weight excluding hydrogens is 290 g/mol. The Balaban J connectivity index is 1.97. The zero-order valence-electron chi connectivity index (χ0n) is 14.3. The summed E-state index contributed by atoms with van der Waals surface area (Å²) in [5.74, 6) is -1.38. The van der Waals surface area contributed by atoms with Gasteiger partial charge in [0.05, 0.1) is 6.61 Å². The monoisotopic (exact) mass is 317 g/mol. The van der Waals surface area contributed by atoms with Crippen LogP contribution < -0.4 is 0 Å². The van der Waals surface area contributed by atoms with E-state index in [1.807, 2.05) is 34.6 Å². The van der Waals surface area contributed by atoms with Crippen LogP contribution in [-0.2, 0) is 23.7 Å². The summed E-state index contributed by atoms with van der Waals surface area (Å²) in [5.41, 5.74) is 0. The van der Waals surface area contributed by atoms with Crippen LogP contribution in [0.4, 0.5) is 4.79 Å². The zero-order chi connectivity index (χ0) is 16.5. The van der Waals surface area contributed by atoms with Crippen LogP contribution in [0.15, 0.2) is 0 Å². The molecule has 2 aliphatic heterocycles. The minimum absolute atomic E-state index is 0.123. The van der Waals surface area contributed by atoms with E-state index < -0.39 is 11.6 Å². The minimum atomic E-state index is -0.742. The molecule has 128 valence electrons. The van der Waals surface area contributed by atoms with Gasteiger partial charge < -0.3 is 28.6 Å². The molecule has 2 heterocycles. The van der Waals surface area contributed by atoms with Crippen molar-refractivity contribution in [3.8, 4) is 0 Å². The predicted molar refractivity (Wildman–Crippen MR) is 78.4 cm³/mol. The number of ether oxygens (including phenoxy) is 5. The van der Waals surface area contributed by atoms with Crippen LogP contribution in [-0.4, -0.2) is 67.7 Å². The summed E-state index contributed by atoms with van der Waals surface area (Å²) >= 11 is 0. The Morgan fingerprint density at radius 2 is 1.86 bits per heavy atom. The van der Waals surface area contributed by atoms with Gasteiger partial charge in [0.1, 0.15) is 24.9 Å². The van der Waals surface area contributed by atoms with Gasteiger partial charge in [0, 0.05) is 13.6 Å². The topological polar surface area (TPSA) is 66.5 Å². The summed E-state index contributed by atoms with van der Waals surface area (Å²) in [6.07, 6.45) is -1.34. The minimum Gasteiger partial charge on any atom is -0.447 e. The summed E-state index contributed by atoms with van der Waals surface area (Å²) in [6, 6.07) is 0. The SMILES string of the molecule is CCN(C)C(=O)OC[C@@H]1OC(C)(C)O[C@H]1[C@H]1COC(C)(C)O1. The maximum absolute atomic E-state index is 11.8. The van der Waals surface area contributed by atoms with Crippen molar-refractivity contribution in [1.29, 1.82) is 0 Å². The van der Waals surface area contributed by atoms with Crippen molar-refractivity contribution in [2.45, 2.75) is 64.5 Å². The molecule has 0 aromatic carbocycles. The lowest BCUT2D eigenvalue weighted by Gasteiger charge is -2.24. The number of nitrogens with zero attached hydrogens (tertiary/aromatic N) is 1. The lowest BCUT2D eigenvalue weighted by molar-refractivity contribution is -0.175.